The van der Waals surface area contributed by atoms with Crippen molar-refractivity contribution in [2.75, 3.05) is 14.1 Å². The summed E-state index contributed by atoms with van der Waals surface area (Å²) in [6.45, 7) is 0. The number of rotatable bonds is 1. The number of hydrogen-bond acceptors (Lipinski definition) is 1. The van der Waals surface area contributed by atoms with Crippen molar-refractivity contribution in [2.45, 2.75) is 37.4 Å². The SMILES string of the molecule is CN(C)C1CCC(P)CC1. The van der Waals surface area contributed by atoms with E-state index in [1.807, 2.05) is 0 Å². The Hall–Kier alpha value is 0.390. The van der Waals surface area contributed by atoms with Crippen LogP contribution in [0.5, 0.6) is 0 Å². The molecule has 1 fully saturated rings. The van der Waals surface area contributed by atoms with E-state index in [2.05, 4.69) is 28.2 Å². The second kappa shape index (κ2) is 3.69. The minimum absolute atomic E-state index is 0.858. The van der Waals surface area contributed by atoms with Crippen LogP contribution in [0.4, 0.5) is 0 Å². The summed E-state index contributed by atoms with van der Waals surface area (Å²) in [4.78, 5) is 2.36. The van der Waals surface area contributed by atoms with Gasteiger partial charge in [0.2, 0.25) is 0 Å². The molecule has 1 unspecified atom stereocenters. The van der Waals surface area contributed by atoms with Crippen LogP contribution in [0, 0.1) is 0 Å². The van der Waals surface area contributed by atoms with Crippen molar-refractivity contribution in [3.05, 3.63) is 0 Å². The molecule has 2 heteroatoms. The zero-order valence-electron chi connectivity index (χ0n) is 7.01. The monoisotopic (exact) mass is 159 g/mol. The predicted molar refractivity (Wildman–Crippen MR) is 49.4 cm³/mol. The highest BCUT2D eigenvalue weighted by molar-refractivity contribution is 7.17. The third-order valence-electron chi connectivity index (χ3n) is 2.47. The maximum absolute atomic E-state index is 2.94. The summed E-state index contributed by atoms with van der Waals surface area (Å²) < 4.78 is 0. The van der Waals surface area contributed by atoms with Gasteiger partial charge in [-0.3, -0.25) is 0 Å². The lowest BCUT2D eigenvalue weighted by Gasteiger charge is -2.30. The maximum atomic E-state index is 2.94. The third-order valence-corrected chi connectivity index (χ3v) is 3.14. The molecular weight excluding hydrogens is 141 g/mol. The standard InChI is InChI=1S/C8H18NP/c1-9(2)7-3-5-8(10)6-4-7/h7-8H,3-6,10H2,1-2H3. The first-order valence-corrected chi connectivity index (χ1v) is 4.79. The van der Waals surface area contributed by atoms with Gasteiger partial charge in [-0.15, -0.1) is 9.24 Å². The summed E-state index contributed by atoms with van der Waals surface area (Å²) in [5.41, 5.74) is 0.899. The largest absolute Gasteiger partial charge is 0.306 e. The molecule has 0 aromatic carbocycles. The molecule has 0 heterocycles. The highest BCUT2D eigenvalue weighted by Gasteiger charge is 2.18. The molecule has 0 spiro atoms. The molecule has 1 rings (SSSR count). The maximum Gasteiger partial charge on any atom is 0.00896 e. The van der Waals surface area contributed by atoms with Gasteiger partial charge >= 0.3 is 0 Å². The van der Waals surface area contributed by atoms with Crippen molar-refractivity contribution in [3.8, 4) is 0 Å². The Bertz CT molecular complexity index is 95.4. The van der Waals surface area contributed by atoms with Crippen LogP contribution in [0.1, 0.15) is 25.7 Å². The Morgan fingerprint density at radius 1 is 1.10 bits per heavy atom. The summed E-state index contributed by atoms with van der Waals surface area (Å²) >= 11 is 0. The predicted octanol–water partition coefficient (Wildman–Crippen LogP) is 1.73. The summed E-state index contributed by atoms with van der Waals surface area (Å²) in [5, 5.41) is 0. The molecule has 0 N–H and O–H groups in total. The van der Waals surface area contributed by atoms with Crippen molar-refractivity contribution in [2.24, 2.45) is 0 Å². The quantitative estimate of drug-likeness (QED) is 0.527. The molecule has 0 aromatic rings. The molecule has 0 aliphatic heterocycles. The van der Waals surface area contributed by atoms with Crippen molar-refractivity contribution in [1.82, 2.24) is 4.90 Å². The Kier molecular flexibility index (Phi) is 3.13. The van der Waals surface area contributed by atoms with Crippen molar-refractivity contribution in [1.29, 1.82) is 0 Å². The second-order valence-electron chi connectivity index (χ2n) is 3.53. The number of hydrogen-bond donors (Lipinski definition) is 0. The summed E-state index contributed by atoms with van der Waals surface area (Å²) in [5.74, 6) is 0. The zero-order chi connectivity index (χ0) is 7.56. The van der Waals surface area contributed by atoms with Crippen LogP contribution in [-0.4, -0.2) is 30.7 Å². The van der Waals surface area contributed by atoms with Gasteiger partial charge in [-0.25, -0.2) is 0 Å². The van der Waals surface area contributed by atoms with Crippen LogP contribution in [0.3, 0.4) is 0 Å². The molecule has 0 saturated heterocycles. The van der Waals surface area contributed by atoms with E-state index in [1.165, 1.54) is 25.7 Å². The third kappa shape index (κ3) is 2.21. The normalized spacial score (nSPS) is 34.8. The molecule has 0 aromatic heterocycles. The lowest BCUT2D eigenvalue weighted by atomic mass is 9.94. The summed E-state index contributed by atoms with van der Waals surface area (Å²) in [6, 6.07) is 0.858. The topological polar surface area (TPSA) is 3.24 Å². The molecule has 60 valence electrons. The fourth-order valence-electron chi connectivity index (χ4n) is 1.62. The van der Waals surface area contributed by atoms with Crippen LogP contribution in [-0.2, 0) is 0 Å². The first kappa shape index (κ1) is 8.49. The highest BCUT2D eigenvalue weighted by atomic mass is 31.0. The van der Waals surface area contributed by atoms with E-state index in [0.717, 1.165) is 11.7 Å². The molecule has 0 radical (unpaired) electrons. The van der Waals surface area contributed by atoms with Crippen LogP contribution in [0.25, 0.3) is 0 Å². The molecule has 1 atom stereocenters. The van der Waals surface area contributed by atoms with Gasteiger partial charge in [0.1, 0.15) is 0 Å². The Balaban J connectivity index is 2.26. The van der Waals surface area contributed by atoms with E-state index >= 15 is 0 Å². The van der Waals surface area contributed by atoms with Crippen molar-refractivity contribution < 1.29 is 0 Å². The van der Waals surface area contributed by atoms with Crippen molar-refractivity contribution >= 4 is 9.24 Å². The first-order valence-electron chi connectivity index (χ1n) is 4.12. The lowest BCUT2D eigenvalue weighted by Crippen LogP contribution is -2.32. The lowest BCUT2D eigenvalue weighted by molar-refractivity contribution is 0.232. The Morgan fingerprint density at radius 2 is 1.60 bits per heavy atom. The fraction of sp³-hybridized carbons (Fsp3) is 1.00. The van der Waals surface area contributed by atoms with Gasteiger partial charge in [-0.2, -0.15) is 0 Å². The molecule has 1 nitrogen and oxygen atoms in total. The second-order valence-corrected chi connectivity index (χ2v) is 4.48. The van der Waals surface area contributed by atoms with Gasteiger partial charge in [-0.1, -0.05) is 0 Å². The van der Waals surface area contributed by atoms with Gasteiger partial charge in [0.15, 0.2) is 0 Å². The van der Waals surface area contributed by atoms with Gasteiger partial charge in [0, 0.05) is 6.04 Å². The first-order chi connectivity index (χ1) is 4.70. The average molecular weight is 159 g/mol. The average Bonchev–Trinajstić information content (AvgIpc) is 1.88. The molecule has 0 bridgehead atoms. The van der Waals surface area contributed by atoms with Crippen LogP contribution >= 0.6 is 9.24 Å². The van der Waals surface area contributed by atoms with E-state index in [-0.39, 0.29) is 0 Å². The van der Waals surface area contributed by atoms with Gasteiger partial charge in [0.05, 0.1) is 0 Å². The van der Waals surface area contributed by atoms with Crippen LogP contribution < -0.4 is 0 Å². The molecule has 1 aliphatic rings. The minimum Gasteiger partial charge on any atom is -0.306 e. The summed E-state index contributed by atoms with van der Waals surface area (Å²) in [6.07, 6.45) is 5.57. The number of nitrogens with zero attached hydrogens (tertiary/aromatic N) is 1. The van der Waals surface area contributed by atoms with Gasteiger partial charge in [0.25, 0.3) is 0 Å². The molecule has 10 heavy (non-hydrogen) atoms. The van der Waals surface area contributed by atoms with Crippen LogP contribution in [0.15, 0.2) is 0 Å². The van der Waals surface area contributed by atoms with E-state index in [1.54, 1.807) is 0 Å². The van der Waals surface area contributed by atoms with Gasteiger partial charge < -0.3 is 4.90 Å². The van der Waals surface area contributed by atoms with E-state index in [4.69, 9.17) is 0 Å². The van der Waals surface area contributed by atoms with Crippen molar-refractivity contribution in [3.63, 3.8) is 0 Å². The molecule has 0 amide bonds. The molecular formula is C8H18NP. The van der Waals surface area contributed by atoms with E-state index < -0.39 is 0 Å². The molecule has 1 aliphatic carbocycles. The Labute approximate surface area is 66.4 Å². The summed E-state index contributed by atoms with van der Waals surface area (Å²) in [7, 11) is 7.31. The Morgan fingerprint density at radius 3 is 2.00 bits per heavy atom. The highest BCUT2D eigenvalue weighted by Crippen LogP contribution is 2.26. The minimum atomic E-state index is 0.858. The van der Waals surface area contributed by atoms with E-state index in [9.17, 15) is 0 Å². The smallest absolute Gasteiger partial charge is 0.00896 e. The van der Waals surface area contributed by atoms with Gasteiger partial charge in [-0.05, 0) is 45.4 Å². The van der Waals surface area contributed by atoms with Crippen LogP contribution in [0.2, 0.25) is 0 Å². The zero-order valence-corrected chi connectivity index (χ0v) is 8.16. The van der Waals surface area contributed by atoms with E-state index in [0.29, 0.717) is 0 Å². The fourth-order valence-corrected chi connectivity index (χ4v) is 2.00. The molecule has 1 saturated carbocycles.